The topological polar surface area (TPSA) is 64.3 Å². The summed E-state index contributed by atoms with van der Waals surface area (Å²) < 4.78 is 5.00. The van der Waals surface area contributed by atoms with Gasteiger partial charge in [-0.3, -0.25) is 4.79 Å². The van der Waals surface area contributed by atoms with E-state index in [0.717, 1.165) is 0 Å². The molecule has 4 nitrogen and oxygen atoms in total. The quantitative estimate of drug-likeness (QED) is 0.644. The highest BCUT2D eigenvalue weighted by Crippen LogP contribution is 2.11. The van der Waals surface area contributed by atoms with Gasteiger partial charge in [0.15, 0.2) is 0 Å². The molecular formula is C9H20N2O2. The fourth-order valence-electron chi connectivity index (χ4n) is 0.652. The van der Waals surface area contributed by atoms with E-state index < -0.39 is 5.41 Å². The van der Waals surface area contributed by atoms with Crippen molar-refractivity contribution in [2.75, 3.05) is 20.2 Å². The predicted molar refractivity (Wildman–Crippen MR) is 52.3 cm³/mol. The van der Waals surface area contributed by atoms with E-state index in [1.165, 1.54) is 0 Å². The molecular weight excluding hydrogens is 168 g/mol. The van der Waals surface area contributed by atoms with Crippen LogP contribution in [0, 0.1) is 5.41 Å². The molecule has 3 N–H and O–H groups in total. The average molecular weight is 188 g/mol. The molecule has 0 saturated heterocycles. The van der Waals surface area contributed by atoms with E-state index >= 15 is 0 Å². The van der Waals surface area contributed by atoms with Crippen molar-refractivity contribution in [3.8, 4) is 0 Å². The number of amides is 1. The first-order chi connectivity index (χ1) is 5.94. The van der Waals surface area contributed by atoms with Gasteiger partial charge in [0.25, 0.3) is 0 Å². The Balaban J connectivity index is 3.88. The Morgan fingerprint density at radius 1 is 1.62 bits per heavy atom. The average Bonchev–Trinajstić information content (AvgIpc) is 2.13. The number of ether oxygens (including phenoxy) is 1. The number of methoxy groups -OCH3 is 1. The van der Waals surface area contributed by atoms with Crippen LogP contribution in [-0.4, -0.2) is 32.2 Å². The first-order valence-electron chi connectivity index (χ1n) is 4.45. The number of carbonyl (C=O) groups excluding carboxylic acids is 1. The van der Waals surface area contributed by atoms with Crippen LogP contribution in [0.5, 0.6) is 0 Å². The van der Waals surface area contributed by atoms with Gasteiger partial charge in [0, 0.05) is 20.2 Å². The largest absolute Gasteiger partial charge is 0.380 e. The summed E-state index contributed by atoms with van der Waals surface area (Å²) in [4.78, 5) is 11.5. The summed E-state index contributed by atoms with van der Waals surface area (Å²) >= 11 is 0. The molecule has 78 valence electrons. The fourth-order valence-corrected chi connectivity index (χ4v) is 0.652. The minimum Gasteiger partial charge on any atom is -0.380 e. The van der Waals surface area contributed by atoms with Crippen molar-refractivity contribution in [1.29, 1.82) is 0 Å². The Bertz CT molecular complexity index is 169. The minimum atomic E-state index is -0.493. The molecule has 1 amide bonds. The molecule has 1 atom stereocenters. The summed E-state index contributed by atoms with van der Waals surface area (Å²) in [6.07, 6.45) is 0.0394. The zero-order valence-electron chi connectivity index (χ0n) is 8.89. The lowest BCUT2D eigenvalue weighted by molar-refractivity contribution is -0.129. The van der Waals surface area contributed by atoms with E-state index in [4.69, 9.17) is 10.5 Å². The van der Waals surface area contributed by atoms with Crippen LogP contribution in [0.4, 0.5) is 0 Å². The zero-order chi connectivity index (χ0) is 10.5. The van der Waals surface area contributed by atoms with Gasteiger partial charge in [-0.15, -0.1) is 0 Å². The molecule has 0 rings (SSSR count). The number of nitrogens with one attached hydrogen (secondary N) is 1. The van der Waals surface area contributed by atoms with Crippen molar-refractivity contribution in [1.82, 2.24) is 5.32 Å². The Hall–Kier alpha value is -0.610. The monoisotopic (exact) mass is 188 g/mol. The van der Waals surface area contributed by atoms with Crippen LogP contribution < -0.4 is 11.1 Å². The summed E-state index contributed by atoms with van der Waals surface area (Å²) in [6, 6.07) is 0. The highest BCUT2D eigenvalue weighted by atomic mass is 16.5. The Morgan fingerprint density at radius 2 is 2.15 bits per heavy atom. The molecule has 0 radical (unpaired) electrons. The van der Waals surface area contributed by atoms with Crippen LogP contribution in [0.25, 0.3) is 0 Å². The Morgan fingerprint density at radius 3 is 2.54 bits per heavy atom. The fraction of sp³-hybridized carbons (Fsp3) is 0.889. The van der Waals surface area contributed by atoms with Gasteiger partial charge in [0.05, 0.1) is 11.5 Å². The number of hydrogen-bond acceptors (Lipinski definition) is 3. The molecule has 0 fully saturated rings. The van der Waals surface area contributed by atoms with Gasteiger partial charge < -0.3 is 15.8 Å². The molecule has 0 heterocycles. The third-order valence-electron chi connectivity index (χ3n) is 2.08. The summed E-state index contributed by atoms with van der Waals surface area (Å²) in [7, 11) is 1.62. The first kappa shape index (κ1) is 12.4. The predicted octanol–water partition coefficient (Wildman–Crippen LogP) is 0.122. The van der Waals surface area contributed by atoms with E-state index in [1.807, 2.05) is 20.8 Å². The highest BCUT2D eigenvalue weighted by molar-refractivity contribution is 5.82. The van der Waals surface area contributed by atoms with E-state index in [1.54, 1.807) is 7.11 Å². The van der Waals surface area contributed by atoms with Crippen molar-refractivity contribution >= 4 is 5.91 Å². The lowest BCUT2D eigenvalue weighted by atomic mass is 9.93. The number of rotatable bonds is 5. The summed E-state index contributed by atoms with van der Waals surface area (Å²) in [5.41, 5.74) is 4.96. The Labute approximate surface area is 79.8 Å². The van der Waals surface area contributed by atoms with Crippen molar-refractivity contribution in [3.05, 3.63) is 0 Å². The maximum Gasteiger partial charge on any atom is 0.227 e. The molecule has 1 unspecified atom stereocenters. The third-order valence-corrected chi connectivity index (χ3v) is 2.08. The van der Waals surface area contributed by atoms with Gasteiger partial charge >= 0.3 is 0 Å². The maximum atomic E-state index is 11.5. The van der Waals surface area contributed by atoms with Crippen LogP contribution >= 0.6 is 0 Å². The second kappa shape index (κ2) is 5.19. The van der Waals surface area contributed by atoms with Gasteiger partial charge in [-0.05, 0) is 20.8 Å². The van der Waals surface area contributed by atoms with Gasteiger partial charge in [-0.2, -0.15) is 0 Å². The van der Waals surface area contributed by atoms with E-state index in [2.05, 4.69) is 5.32 Å². The second-order valence-corrected chi connectivity index (χ2v) is 3.84. The molecule has 0 aromatic rings. The summed E-state index contributed by atoms with van der Waals surface area (Å²) in [5.74, 6) is -0.0288. The van der Waals surface area contributed by atoms with Crippen LogP contribution in [-0.2, 0) is 9.53 Å². The van der Waals surface area contributed by atoms with Crippen molar-refractivity contribution in [2.24, 2.45) is 11.1 Å². The van der Waals surface area contributed by atoms with E-state index in [9.17, 15) is 4.79 Å². The molecule has 0 aliphatic heterocycles. The lowest BCUT2D eigenvalue weighted by Gasteiger charge is -2.22. The van der Waals surface area contributed by atoms with E-state index in [0.29, 0.717) is 13.1 Å². The van der Waals surface area contributed by atoms with Gasteiger partial charge in [0.1, 0.15) is 0 Å². The highest BCUT2D eigenvalue weighted by Gasteiger charge is 2.25. The molecule has 0 bridgehead atoms. The molecule has 0 aliphatic rings. The van der Waals surface area contributed by atoms with E-state index in [-0.39, 0.29) is 12.0 Å². The van der Waals surface area contributed by atoms with Gasteiger partial charge in [-0.25, -0.2) is 0 Å². The van der Waals surface area contributed by atoms with Gasteiger partial charge in [0.2, 0.25) is 5.91 Å². The molecule has 0 aromatic carbocycles. The van der Waals surface area contributed by atoms with Crippen molar-refractivity contribution < 1.29 is 9.53 Å². The summed E-state index contributed by atoms with van der Waals surface area (Å²) in [5, 5.41) is 2.78. The molecule has 0 saturated carbocycles. The Kier molecular flexibility index (Phi) is 4.95. The van der Waals surface area contributed by atoms with Crippen LogP contribution in [0.3, 0.4) is 0 Å². The number of carbonyl (C=O) groups is 1. The minimum absolute atomic E-state index is 0.0288. The standard InChI is InChI=1S/C9H20N2O2/c1-7(13-4)5-11-8(12)9(2,3)6-10/h7H,5-6,10H2,1-4H3,(H,11,12). The first-order valence-corrected chi connectivity index (χ1v) is 4.45. The molecule has 0 spiro atoms. The molecule has 13 heavy (non-hydrogen) atoms. The molecule has 4 heteroatoms. The number of hydrogen-bond donors (Lipinski definition) is 2. The summed E-state index contributed by atoms with van der Waals surface area (Å²) in [6.45, 7) is 6.41. The van der Waals surface area contributed by atoms with Crippen LogP contribution in [0.15, 0.2) is 0 Å². The lowest BCUT2D eigenvalue weighted by Crippen LogP contribution is -2.44. The third kappa shape index (κ3) is 4.24. The molecule has 0 aromatic heterocycles. The second-order valence-electron chi connectivity index (χ2n) is 3.84. The van der Waals surface area contributed by atoms with Crippen molar-refractivity contribution in [2.45, 2.75) is 26.9 Å². The smallest absolute Gasteiger partial charge is 0.227 e. The number of nitrogens with two attached hydrogens (primary N) is 1. The van der Waals surface area contributed by atoms with Crippen molar-refractivity contribution in [3.63, 3.8) is 0 Å². The zero-order valence-corrected chi connectivity index (χ0v) is 8.89. The maximum absolute atomic E-state index is 11.5. The van der Waals surface area contributed by atoms with Gasteiger partial charge in [-0.1, -0.05) is 0 Å². The van der Waals surface area contributed by atoms with Crippen LogP contribution in [0.1, 0.15) is 20.8 Å². The molecule has 0 aliphatic carbocycles. The SMILES string of the molecule is COC(C)CNC(=O)C(C)(C)CN. The van der Waals surface area contributed by atoms with Crippen LogP contribution in [0.2, 0.25) is 0 Å². The normalized spacial score (nSPS) is 13.9.